The lowest BCUT2D eigenvalue weighted by Crippen LogP contribution is -2.50. The van der Waals surface area contributed by atoms with Crippen LogP contribution in [0.5, 0.6) is 0 Å². The summed E-state index contributed by atoms with van der Waals surface area (Å²) in [5, 5.41) is 2.54. The molecule has 0 aliphatic heterocycles. The number of amides is 2. The van der Waals surface area contributed by atoms with Gasteiger partial charge in [0.15, 0.2) is 0 Å². The molecule has 2 amide bonds. The fourth-order valence-electron chi connectivity index (χ4n) is 2.28. The molecular weight excluding hydrogens is 365 g/mol. The zero-order valence-corrected chi connectivity index (χ0v) is 15.8. The molecule has 1 N–H and O–H groups in total. The Morgan fingerprint density at radius 3 is 2.26 bits per heavy atom. The number of rotatable bonds is 7. The van der Waals surface area contributed by atoms with E-state index in [2.05, 4.69) is 5.32 Å². The molecule has 0 radical (unpaired) electrons. The van der Waals surface area contributed by atoms with Crippen LogP contribution >= 0.6 is 0 Å². The van der Waals surface area contributed by atoms with E-state index in [0.29, 0.717) is 11.3 Å². The molecule has 0 aliphatic carbocycles. The first-order chi connectivity index (χ1) is 12.2. The van der Waals surface area contributed by atoms with Crippen LogP contribution in [0.4, 0.5) is 18.9 Å². The SMILES string of the molecule is Cc1ccc(NC(=O)C(=O)[C@H](CC(F)(F)F)N(C=O)OC(C)(C)C)c(C)c1. The first-order valence-electron chi connectivity index (χ1n) is 8.15. The van der Waals surface area contributed by atoms with E-state index in [0.717, 1.165) is 5.56 Å². The van der Waals surface area contributed by atoms with E-state index in [1.807, 2.05) is 6.92 Å². The van der Waals surface area contributed by atoms with Crippen LogP contribution in [0.1, 0.15) is 38.3 Å². The standard InChI is InChI=1S/C18H23F3N2O4/c1-11-6-7-13(12(2)8-11)22-16(26)15(25)14(9-18(19,20)21)23(10-24)27-17(3,4)5/h6-8,10,14H,9H2,1-5H3,(H,22,26)/t14-/m0/s1. The van der Waals surface area contributed by atoms with E-state index >= 15 is 0 Å². The number of halogens is 3. The molecular formula is C18H23F3N2O4. The number of ketones is 1. The molecule has 0 spiro atoms. The maximum absolute atomic E-state index is 12.9. The van der Waals surface area contributed by atoms with Gasteiger partial charge in [-0.25, -0.2) is 5.06 Å². The van der Waals surface area contributed by atoms with Crippen LogP contribution in [0.25, 0.3) is 0 Å². The predicted molar refractivity (Wildman–Crippen MR) is 92.8 cm³/mol. The van der Waals surface area contributed by atoms with Crippen LogP contribution in [0, 0.1) is 13.8 Å². The fourth-order valence-corrected chi connectivity index (χ4v) is 2.28. The van der Waals surface area contributed by atoms with Gasteiger partial charge in [0.2, 0.25) is 12.2 Å². The third kappa shape index (κ3) is 7.38. The van der Waals surface area contributed by atoms with Crippen LogP contribution in [0.3, 0.4) is 0 Å². The van der Waals surface area contributed by atoms with Crippen LogP contribution in [-0.4, -0.2) is 41.0 Å². The van der Waals surface area contributed by atoms with Crippen molar-refractivity contribution in [1.82, 2.24) is 5.06 Å². The van der Waals surface area contributed by atoms with Gasteiger partial charge in [0.1, 0.15) is 6.04 Å². The van der Waals surface area contributed by atoms with Gasteiger partial charge in [-0.1, -0.05) is 17.7 Å². The molecule has 0 heterocycles. The Kier molecular flexibility index (Phi) is 7.13. The maximum Gasteiger partial charge on any atom is 0.391 e. The van der Waals surface area contributed by atoms with Crippen molar-refractivity contribution >= 4 is 23.8 Å². The van der Waals surface area contributed by atoms with Crippen LogP contribution in [-0.2, 0) is 19.2 Å². The van der Waals surface area contributed by atoms with Crippen molar-refractivity contribution in [3.8, 4) is 0 Å². The molecule has 0 saturated carbocycles. The number of nitrogens with zero attached hydrogens (tertiary/aromatic N) is 1. The first-order valence-corrected chi connectivity index (χ1v) is 8.15. The third-order valence-corrected chi connectivity index (χ3v) is 3.37. The van der Waals surface area contributed by atoms with Crippen LogP contribution < -0.4 is 5.32 Å². The molecule has 1 rings (SSSR count). The highest BCUT2D eigenvalue weighted by Crippen LogP contribution is 2.26. The highest BCUT2D eigenvalue weighted by Gasteiger charge is 2.42. The van der Waals surface area contributed by atoms with Crippen molar-refractivity contribution in [2.75, 3.05) is 5.32 Å². The summed E-state index contributed by atoms with van der Waals surface area (Å²) in [6.45, 7) is 7.99. The van der Waals surface area contributed by atoms with Crippen molar-refractivity contribution < 1.29 is 32.4 Å². The second-order valence-electron chi connectivity index (χ2n) is 7.14. The molecule has 0 unspecified atom stereocenters. The summed E-state index contributed by atoms with van der Waals surface area (Å²) in [5.41, 5.74) is 0.799. The Morgan fingerprint density at radius 2 is 1.81 bits per heavy atom. The molecule has 1 aromatic carbocycles. The van der Waals surface area contributed by atoms with Crippen molar-refractivity contribution in [3.05, 3.63) is 29.3 Å². The number of benzene rings is 1. The summed E-state index contributed by atoms with van der Waals surface area (Å²) in [6.07, 6.45) is -6.53. The summed E-state index contributed by atoms with van der Waals surface area (Å²) in [4.78, 5) is 41.0. The molecule has 0 fully saturated rings. The third-order valence-electron chi connectivity index (χ3n) is 3.37. The lowest BCUT2D eigenvalue weighted by molar-refractivity contribution is -0.244. The molecule has 9 heteroatoms. The fraction of sp³-hybridized carbons (Fsp3) is 0.500. The Morgan fingerprint density at radius 1 is 1.22 bits per heavy atom. The summed E-state index contributed by atoms with van der Waals surface area (Å²) >= 11 is 0. The second kappa shape index (κ2) is 8.51. The lowest BCUT2D eigenvalue weighted by atomic mass is 10.1. The number of aryl methyl sites for hydroxylation is 2. The number of nitrogens with one attached hydrogen (secondary N) is 1. The van der Waals surface area contributed by atoms with Gasteiger partial charge in [-0.15, -0.1) is 0 Å². The van der Waals surface area contributed by atoms with E-state index in [4.69, 9.17) is 4.84 Å². The van der Waals surface area contributed by atoms with Gasteiger partial charge in [-0.2, -0.15) is 13.2 Å². The van der Waals surface area contributed by atoms with E-state index in [1.54, 1.807) is 19.1 Å². The maximum atomic E-state index is 12.9. The van der Waals surface area contributed by atoms with Crippen LogP contribution in [0.2, 0.25) is 0 Å². The van der Waals surface area contributed by atoms with Crippen molar-refractivity contribution in [2.45, 2.75) is 58.9 Å². The molecule has 1 atom stereocenters. The topological polar surface area (TPSA) is 75.7 Å². The van der Waals surface area contributed by atoms with E-state index in [-0.39, 0.29) is 11.5 Å². The molecule has 0 aliphatic rings. The molecule has 1 aromatic rings. The van der Waals surface area contributed by atoms with Gasteiger partial charge < -0.3 is 5.32 Å². The van der Waals surface area contributed by atoms with E-state index < -0.39 is 35.9 Å². The Balaban J connectivity index is 3.10. The van der Waals surface area contributed by atoms with E-state index in [9.17, 15) is 27.6 Å². The Bertz CT molecular complexity index is 712. The molecule has 0 saturated heterocycles. The van der Waals surface area contributed by atoms with Crippen LogP contribution in [0.15, 0.2) is 18.2 Å². The van der Waals surface area contributed by atoms with Crippen molar-refractivity contribution in [2.24, 2.45) is 0 Å². The Labute approximate surface area is 155 Å². The lowest BCUT2D eigenvalue weighted by Gasteiger charge is -2.32. The minimum atomic E-state index is -4.79. The normalized spacial score (nSPS) is 13.0. The average molecular weight is 388 g/mol. The zero-order valence-electron chi connectivity index (χ0n) is 15.8. The number of anilines is 1. The highest BCUT2D eigenvalue weighted by atomic mass is 19.4. The Hall–Kier alpha value is -2.42. The van der Waals surface area contributed by atoms with Gasteiger partial charge in [0.25, 0.3) is 5.91 Å². The minimum Gasteiger partial charge on any atom is -0.319 e. The summed E-state index contributed by atoms with van der Waals surface area (Å²) in [5.74, 6) is -2.69. The first kappa shape index (κ1) is 22.6. The van der Waals surface area contributed by atoms with Gasteiger partial charge in [-0.05, 0) is 46.2 Å². The van der Waals surface area contributed by atoms with Gasteiger partial charge in [-0.3, -0.25) is 19.2 Å². The number of hydroxylamine groups is 2. The zero-order chi connectivity index (χ0) is 21.0. The minimum absolute atomic E-state index is 0.0377. The van der Waals surface area contributed by atoms with Crippen molar-refractivity contribution in [1.29, 1.82) is 0 Å². The summed E-state index contributed by atoms with van der Waals surface area (Å²) < 4.78 is 38.7. The number of hydrogen-bond acceptors (Lipinski definition) is 4. The molecule has 150 valence electrons. The number of alkyl halides is 3. The largest absolute Gasteiger partial charge is 0.391 e. The van der Waals surface area contributed by atoms with Crippen molar-refractivity contribution in [3.63, 3.8) is 0 Å². The molecule has 6 nitrogen and oxygen atoms in total. The van der Waals surface area contributed by atoms with E-state index in [1.165, 1.54) is 26.8 Å². The highest BCUT2D eigenvalue weighted by molar-refractivity contribution is 6.42. The van der Waals surface area contributed by atoms with Gasteiger partial charge >= 0.3 is 6.18 Å². The summed E-state index contributed by atoms with van der Waals surface area (Å²) in [6, 6.07) is 2.83. The number of Topliss-reactive ketones (excluding diaryl/α,β-unsaturated/α-hetero) is 1. The van der Waals surface area contributed by atoms with Gasteiger partial charge in [0.05, 0.1) is 12.0 Å². The number of carbonyl (C=O) groups is 3. The molecule has 0 bridgehead atoms. The monoisotopic (exact) mass is 388 g/mol. The quantitative estimate of drug-likeness (QED) is 0.442. The molecule has 27 heavy (non-hydrogen) atoms. The second-order valence-corrected chi connectivity index (χ2v) is 7.14. The smallest absolute Gasteiger partial charge is 0.319 e. The number of carbonyl (C=O) groups excluding carboxylic acids is 3. The predicted octanol–water partition coefficient (Wildman–Crippen LogP) is 3.32. The van der Waals surface area contributed by atoms with Gasteiger partial charge in [0, 0.05) is 5.69 Å². The average Bonchev–Trinajstić information content (AvgIpc) is 2.50. The number of hydrogen-bond donors (Lipinski definition) is 1. The molecule has 0 aromatic heterocycles. The summed E-state index contributed by atoms with van der Waals surface area (Å²) in [7, 11) is 0.